The van der Waals surface area contributed by atoms with Crippen LogP contribution in [0.5, 0.6) is 0 Å². The number of rotatable bonds is 13. The summed E-state index contributed by atoms with van der Waals surface area (Å²) in [5, 5.41) is 12.6. The van der Waals surface area contributed by atoms with Crippen molar-refractivity contribution in [2.75, 3.05) is 50.0 Å². The van der Waals surface area contributed by atoms with Crippen molar-refractivity contribution in [1.29, 1.82) is 0 Å². The smallest absolute Gasteiger partial charge is 0.326 e. The number of unbranched alkanes of at least 4 members (excludes halogenated alkanes) is 1. The molecule has 0 saturated heterocycles. The molecule has 0 radical (unpaired) electrons. The molecule has 0 aliphatic heterocycles. The van der Waals surface area contributed by atoms with Crippen LogP contribution in [0.2, 0.25) is 0 Å². The summed E-state index contributed by atoms with van der Waals surface area (Å²) >= 11 is 6.72. The van der Waals surface area contributed by atoms with Crippen LogP contribution in [0.3, 0.4) is 0 Å². The number of halogens is 2. The average Bonchev–Trinajstić information content (AvgIpc) is 3.35. The van der Waals surface area contributed by atoms with E-state index in [9.17, 15) is 13.2 Å². The molecule has 13 heteroatoms. The van der Waals surface area contributed by atoms with Crippen molar-refractivity contribution >= 4 is 70.3 Å². The normalized spacial score (nSPS) is 11.7. The molecule has 0 spiro atoms. The second kappa shape index (κ2) is 13.8. The predicted molar refractivity (Wildman–Crippen MR) is 168 cm³/mol. The van der Waals surface area contributed by atoms with Crippen LogP contribution in [-0.2, 0) is 19.6 Å². The van der Waals surface area contributed by atoms with Gasteiger partial charge in [0.15, 0.2) is 5.82 Å². The lowest BCUT2D eigenvalue weighted by atomic mass is 10.2. The van der Waals surface area contributed by atoms with Crippen molar-refractivity contribution in [2.45, 2.75) is 24.7 Å². The standard InChI is InChI=1S/C28H32Br2N6O4S/c1-4-5-14-40-28(37)19-36(41(38,39)24-17-21(29)16-22(30)18-24)23-6-7-25-20(15-23)10-12-35(25)27-9-8-26(32-33-27)31-11-13-34(2)3/h6-10,12,15-18H,4-5,11,13-14,19H2,1-3H3,(H,31,32). The topological polar surface area (TPSA) is 110 Å². The van der Waals surface area contributed by atoms with Gasteiger partial charge in [0.25, 0.3) is 10.0 Å². The van der Waals surface area contributed by atoms with E-state index in [1.165, 1.54) is 12.1 Å². The summed E-state index contributed by atoms with van der Waals surface area (Å²) in [6.07, 6.45) is 3.41. The summed E-state index contributed by atoms with van der Waals surface area (Å²) in [4.78, 5) is 14.8. The lowest BCUT2D eigenvalue weighted by Gasteiger charge is -2.24. The maximum atomic E-state index is 13.9. The molecule has 0 fully saturated rings. The van der Waals surface area contributed by atoms with Crippen molar-refractivity contribution < 1.29 is 17.9 Å². The van der Waals surface area contributed by atoms with Gasteiger partial charge >= 0.3 is 5.97 Å². The van der Waals surface area contributed by atoms with Crippen LogP contribution in [-0.4, -0.2) is 74.4 Å². The number of esters is 1. The molecule has 1 N–H and O–H groups in total. The third kappa shape index (κ3) is 7.85. The van der Waals surface area contributed by atoms with Crippen LogP contribution in [0.25, 0.3) is 16.7 Å². The second-order valence-corrected chi connectivity index (χ2v) is 13.3. The van der Waals surface area contributed by atoms with Crippen LogP contribution >= 0.6 is 31.9 Å². The number of carbonyl (C=O) groups is 1. The van der Waals surface area contributed by atoms with E-state index in [0.717, 1.165) is 34.7 Å². The molecule has 4 aromatic rings. The molecule has 218 valence electrons. The minimum atomic E-state index is -4.12. The number of likely N-dealkylation sites (N-methyl/N-ethyl adjacent to an activating group) is 1. The van der Waals surface area contributed by atoms with E-state index in [4.69, 9.17) is 4.74 Å². The first kappa shape index (κ1) is 30.9. The Morgan fingerprint density at radius 2 is 1.78 bits per heavy atom. The van der Waals surface area contributed by atoms with Crippen LogP contribution in [0.15, 0.2) is 74.6 Å². The van der Waals surface area contributed by atoms with E-state index in [1.54, 1.807) is 24.3 Å². The number of benzene rings is 2. The number of ether oxygens (including phenoxy) is 1. The van der Waals surface area contributed by atoms with Gasteiger partial charge in [-0.25, -0.2) is 8.42 Å². The summed E-state index contributed by atoms with van der Waals surface area (Å²) in [5.74, 6) is 0.678. The zero-order chi connectivity index (χ0) is 29.6. The lowest BCUT2D eigenvalue weighted by molar-refractivity contribution is -0.141. The minimum Gasteiger partial charge on any atom is -0.464 e. The molecule has 2 heterocycles. The highest BCUT2D eigenvalue weighted by Crippen LogP contribution is 2.31. The highest BCUT2D eigenvalue weighted by Gasteiger charge is 2.29. The molecular weight excluding hydrogens is 676 g/mol. The number of hydrogen-bond acceptors (Lipinski definition) is 8. The highest BCUT2D eigenvalue weighted by atomic mass is 79.9. The molecule has 10 nitrogen and oxygen atoms in total. The van der Waals surface area contributed by atoms with E-state index in [2.05, 4.69) is 52.3 Å². The fourth-order valence-electron chi connectivity index (χ4n) is 4.05. The third-order valence-electron chi connectivity index (χ3n) is 6.18. The Bertz CT molecular complexity index is 1590. The molecule has 0 aliphatic carbocycles. The van der Waals surface area contributed by atoms with Crippen LogP contribution < -0.4 is 9.62 Å². The van der Waals surface area contributed by atoms with Gasteiger partial charge in [0.05, 0.1) is 22.7 Å². The van der Waals surface area contributed by atoms with E-state index in [1.807, 2.05) is 50.0 Å². The van der Waals surface area contributed by atoms with Gasteiger partial charge in [-0.1, -0.05) is 45.2 Å². The Labute approximate surface area is 257 Å². The summed E-state index contributed by atoms with van der Waals surface area (Å²) in [6, 6.07) is 15.6. The minimum absolute atomic E-state index is 0.0346. The zero-order valence-electron chi connectivity index (χ0n) is 23.0. The zero-order valence-corrected chi connectivity index (χ0v) is 27.0. The van der Waals surface area contributed by atoms with Gasteiger partial charge in [-0.15, -0.1) is 10.2 Å². The number of anilines is 2. The molecular formula is C28H32Br2N6O4S. The monoisotopic (exact) mass is 706 g/mol. The van der Waals surface area contributed by atoms with Crippen molar-refractivity contribution in [3.8, 4) is 5.82 Å². The Kier molecular flexibility index (Phi) is 10.4. The lowest BCUT2D eigenvalue weighted by Crippen LogP contribution is -2.36. The van der Waals surface area contributed by atoms with Gasteiger partial charge in [-0.05, 0) is 75.1 Å². The molecule has 0 bridgehead atoms. The van der Waals surface area contributed by atoms with Crippen molar-refractivity contribution in [3.05, 3.63) is 69.7 Å². The van der Waals surface area contributed by atoms with Gasteiger partial charge < -0.3 is 15.0 Å². The third-order valence-corrected chi connectivity index (χ3v) is 8.85. The number of aromatic nitrogens is 3. The maximum Gasteiger partial charge on any atom is 0.326 e. The van der Waals surface area contributed by atoms with Gasteiger partial charge in [0.2, 0.25) is 0 Å². The van der Waals surface area contributed by atoms with Gasteiger partial charge in [-0.3, -0.25) is 13.7 Å². The van der Waals surface area contributed by atoms with E-state index >= 15 is 0 Å². The number of fused-ring (bicyclic) bond motifs is 1. The number of nitrogens with one attached hydrogen (secondary N) is 1. The fraction of sp³-hybridized carbons (Fsp3) is 0.321. The van der Waals surface area contributed by atoms with E-state index in [0.29, 0.717) is 32.7 Å². The van der Waals surface area contributed by atoms with Crippen LogP contribution in [0.4, 0.5) is 11.5 Å². The van der Waals surface area contributed by atoms with Crippen molar-refractivity contribution in [3.63, 3.8) is 0 Å². The molecule has 4 rings (SSSR count). The molecule has 41 heavy (non-hydrogen) atoms. The van der Waals surface area contributed by atoms with E-state index in [-0.39, 0.29) is 11.5 Å². The van der Waals surface area contributed by atoms with Crippen LogP contribution in [0.1, 0.15) is 19.8 Å². The SMILES string of the molecule is CCCCOC(=O)CN(c1ccc2c(ccn2-c2ccc(NCCN(C)C)nn2)c1)S(=O)(=O)c1cc(Br)cc(Br)c1. The molecule has 0 atom stereocenters. The number of nitrogens with zero attached hydrogens (tertiary/aromatic N) is 5. The first-order valence-corrected chi connectivity index (χ1v) is 16.1. The summed E-state index contributed by atoms with van der Waals surface area (Å²) in [5.41, 5.74) is 1.15. The largest absolute Gasteiger partial charge is 0.464 e. The Morgan fingerprint density at radius 1 is 1.02 bits per heavy atom. The molecule has 0 aliphatic rings. The highest BCUT2D eigenvalue weighted by molar-refractivity contribution is 9.11. The molecule has 0 saturated carbocycles. The van der Waals surface area contributed by atoms with Gasteiger partial charge in [0.1, 0.15) is 12.4 Å². The van der Waals surface area contributed by atoms with Crippen LogP contribution in [0, 0.1) is 0 Å². The molecule has 0 unspecified atom stereocenters. The van der Waals surface area contributed by atoms with Crippen molar-refractivity contribution in [1.82, 2.24) is 19.7 Å². The average molecular weight is 708 g/mol. The Hall–Kier alpha value is -3.00. The quantitative estimate of drug-likeness (QED) is 0.144. The van der Waals surface area contributed by atoms with Gasteiger partial charge in [-0.2, -0.15) is 0 Å². The number of hydrogen-bond donors (Lipinski definition) is 1. The first-order valence-electron chi connectivity index (χ1n) is 13.1. The predicted octanol–water partition coefficient (Wildman–Crippen LogP) is 5.46. The van der Waals surface area contributed by atoms with Gasteiger partial charge in [0, 0.05) is 33.6 Å². The first-order chi connectivity index (χ1) is 19.6. The fourth-order valence-corrected chi connectivity index (χ4v) is 7.12. The Morgan fingerprint density at radius 3 is 2.44 bits per heavy atom. The molecule has 2 aromatic heterocycles. The number of sulfonamides is 1. The van der Waals surface area contributed by atoms with Crippen molar-refractivity contribution in [2.24, 2.45) is 0 Å². The number of carbonyl (C=O) groups excluding carboxylic acids is 1. The Balaban J connectivity index is 1.65. The molecule has 2 aromatic carbocycles. The van der Waals surface area contributed by atoms with E-state index < -0.39 is 22.5 Å². The summed E-state index contributed by atoms with van der Waals surface area (Å²) < 4.78 is 37.2. The summed E-state index contributed by atoms with van der Waals surface area (Å²) in [7, 11) is -0.110. The second-order valence-electron chi connectivity index (χ2n) is 9.63. The summed E-state index contributed by atoms with van der Waals surface area (Å²) in [6.45, 7) is 3.38. The maximum absolute atomic E-state index is 13.9. The molecule has 0 amide bonds.